The van der Waals surface area contributed by atoms with Gasteiger partial charge in [-0.3, -0.25) is 0 Å². The number of rotatable bonds is 8. The first-order chi connectivity index (χ1) is 10.3. The fraction of sp³-hybridized carbons (Fsp3) is 0.250. The minimum atomic E-state index is -0.160. The molecule has 0 bridgehead atoms. The van der Waals surface area contributed by atoms with Gasteiger partial charge in [-0.15, -0.1) is 0 Å². The van der Waals surface area contributed by atoms with Gasteiger partial charge in [0.15, 0.2) is 10.9 Å². The third-order valence-electron chi connectivity index (χ3n) is 2.82. The van der Waals surface area contributed by atoms with Crippen molar-refractivity contribution in [2.45, 2.75) is 10.9 Å². The molecule has 2 aromatic carbocycles. The Labute approximate surface area is 134 Å². The Bertz CT molecular complexity index is 460. The zero-order chi connectivity index (χ0) is 14.9. The van der Waals surface area contributed by atoms with Gasteiger partial charge in [0.25, 0.3) is 0 Å². The predicted octanol–water partition coefficient (Wildman–Crippen LogP) is 4.99. The predicted molar refractivity (Wildman–Crippen MR) is 88.7 cm³/mol. The molecule has 112 valence electrons. The topological polar surface area (TPSA) is 27.7 Å². The molecule has 5 heteroatoms. The van der Waals surface area contributed by atoms with Crippen LogP contribution >= 0.6 is 24.1 Å². The number of hydrogen-bond donors (Lipinski definition) is 0. The summed E-state index contributed by atoms with van der Waals surface area (Å²) in [6.07, 6.45) is 0. The molecule has 0 heterocycles. The third kappa shape index (κ3) is 5.05. The van der Waals surface area contributed by atoms with Crippen LogP contribution in [0, 0.1) is 0 Å². The number of hydrogen-bond acceptors (Lipinski definition) is 5. The second kappa shape index (κ2) is 9.12. The highest BCUT2D eigenvalue weighted by Crippen LogP contribution is 2.39. The standard InChI is InChI=1S/C16H18O3S2/c1-17-15(13-9-5-3-6-10-13)20-19-21-16(18-2)14-11-7-4-8-12-14/h3-12,15-16H,1-2H3. The summed E-state index contributed by atoms with van der Waals surface area (Å²) >= 11 is 2.55. The van der Waals surface area contributed by atoms with E-state index in [9.17, 15) is 0 Å². The van der Waals surface area contributed by atoms with Crippen molar-refractivity contribution in [2.24, 2.45) is 0 Å². The Hall–Kier alpha value is -0.980. The summed E-state index contributed by atoms with van der Waals surface area (Å²) in [4.78, 5) is 0. The first-order valence-corrected chi connectivity index (χ1v) is 8.10. The Kier molecular flexibility index (Phi) is 7.12. The average Bonchev–Trinajstić information content (AvgIpc) is 2.57. The van der Waals surface area contributed by atoms with Crippen molar-refractivity contribution in [3.8, 4) is 0 Å². The van der Waals surface area contributed by atoms with Gasteiger partial charge in [-0.05, 0) is 11.1 Å². The van der Waals surface area contributed by atoms with E-state index in [1.807, 2.05) is 60.7 Å². The molecule has 2 rings (SSSR count). The lowest BCUT2D eigenvalue weighted by Gasteiger charge is -2.17. The van der Waals surface area contributed by atoms with Crippen LogP contribution in [0.2, 0.25) is 0 Å². The quantitative estimate of drug-likeness (QED) is 0.504. The molecular weight excluding hydrogens is 304 g/mol. The van der Waals surface area contributed by atoms with E-state index in [1.54, 1.807) is 14.2 Å². The molecule has 0 radical (unpaired) electrons. The maximum atomic E-state index is 5.63. The first kappa shape index (κ1) is 16.4. The fourth-order valence-electron chi connectivity index (χ4n) is 1.78. The van der Waals surface area contributed by atoms with Crippen LogP contribution in [0.5, 0.6) is 0 Å². The van der Waals surface area contributed by atoms with Gasteiger partial charge in [-0.1, -0.05) is 60.7 Å². The lowest BCUT2D eigenvalue weighted by Crippen LogP contribution is -1.99. The Morgan fingerprint density at radius 2 is 1.05 bits per heavy atom. The van der Waals surface area contributed by atoms with Crippen molar-refractivity contribution in [1.82, 2.24) is 0 Å². The molecule has 2 atom stereocenters. The van der Waals surface area contributed by atoms with Crippen molar-refractivity contribution in [3.05, 3.63) is 71.8 Å². The minimum absolute atomic E-state index is 0.160. The van der Waals surface area contributed by atoms with Gasteiger partial charge in [-0.25, -0.2) is 3.63 Å². The van der Waals surface area contributed by atoms with E-state index in [0.717, 1.165) is 11.1 Å². The Morgan fingerprint density at radius 3 is 1.38 bits per heavy atom. The molecule has 0 amide bonds. The van der Waals surface area contributed by atoms with E-state index in [0.29, 0.717) is 0 Å². The van der Waals surface area contributed by atoms with Crippen LogP contribution in [0.15, 0.2) is 60.7 Å². The van der Waals surface area contributed by atoms with Crippen molar-refractivity contribution in [2.75, 3.05) is 14.2 Å². The number of methoxy groups -OCH3 is 2. The molecular formula is C16H18O3S2. The van der Waals surface area contributed by atoms with E-state index in [-0.39, 0.29) is 10.9 Å². The summed E-state index contributed by atoms with van der Waals surface area (Å²) in [6.45, 7) is 0. The van der Waals surface area contributed by atoms with Gasteiger partial charge in [0.05, 0.1) is 0 Å². The summed E-state index contributed by atoms with van der Waals surface area (Å²) in [5.41, 5.74) is 1.82. The zero-order valence-corrected chi connectivity index (χ0v) is 13.6. The van der Waals surface area contributed by atoms with Crippen LogP contribution in [0.25, 0.3) is 0 Å². The summed E-state index contributed by atoms with van der Waals surface area (Å²) < 4.78 is 16.5. The molecule has 0 fully saturated rings. The summed E-state index contributed by atoms with van der Waals surface area (Å²) in [7, 11) is 3.34. The molecule has 0 aliphatic rings. The van der Waals surface area contributed by atoms with E-state index in [4.69, 9.17) is 13.1 Å². The largest absolute Gasteiger partial charge is 0.364 e. The molecule has 21 heavy (non-hydrogen) atoms. The summed E-state index contributed by atoms with van der Waals surface area (Å²) in [6, 6.07) is 19.9. The van der Waals surface area contributed by atoms with Crippen LogP contribution < -0.4 is 0 Å². The van der Waals surface area contributed by atoms with Gasteiger partial charge < -0.3 is 9.47 Å². The van der Waals surface area contributed by atoms with Crippen LogP contribution in [0.4, 0.5) is 0 Å². The van der Waals surface area contributed by atoms with E-state index >= 15 is 0 Å². The monoisotopic (exact) mass is 322 g/mol. The zero-order valence-electron chi connectivity index (χ0n) is 12.0. The fourth-order valence-corrected chi connectivity index (χ4v) is 3.22. The van der Waals surface area contributed by atoms with Crippen LogP contribution in [-0.2, 0) is 13.1 Å². The van der Waals surface area contributed by atoms with Crippen molar-refractivity contribution >= 4 is 24.1 Å². The highest BCUT2D eigenvalue weighted by Gasteiger charge is 2.16. The minimum Gasteiger partial charge on any atom is -0.364 e. The van der Waals surface area contributed by atoms with Gasteiger partial charge in [0.2, 0.25) is 0 Å². The molecule has 0 aromatic heterocycles. The van der Waals surface area contributed by atoms with Crippen LogP contribution in [-0.4, -0.2) is 14.2 Å². The SMILES string of the molecule is COC(SOSC(OC)c1ccccc1)c1ccccc1. The number of benzene rings is 2. The molecule has 0 aliphatic carbocycles. The number of ether oxygens (including phenoxy) is 2. The van der Waals surface area contributed by atoms with Crippen molar-refractivity contribution in [1.29, 1.82) is 0 Å². The second-order valence-corrected chi connectivity index (χ2v) is 6.00. The highest BCUT2D eigenvalue weighted by molar-refractivity contribution is 8.07. The second-order valence-electron chi connectivity index (χ2n) is 4.22. The van der Waals surface area contributed by atoms with Crippen molar-refractivity contribution < 1.29 is 13.1 Å². The molecule has 2 unspecified atom stereocenters. The average molecular weight is 322 g/mol. The molecule has 0 saturated heterocycles. The van der Waals surface area contributed by atoms with Crippen molar-refractivity contribution in [3.63, 3.8) is 0 Å². The lowest BCUT2D eigenvalue weighted by atomic mass is 10.2. The summed E-state index contributed by atoms with van der Waals surface area (Å²) in [5, 5.41) is 0. The molecule has 0 N–H and O–H groups in total. The molecule has 0 spiro atoms. The van der Waals surface area contributed by atoms with Crippen LogP contribution in [0.3, 0.4) is 0 Å². The van der Waals surface area contributed by atoms with Crippen LogP contribution in [0.1, 0.15) is 22.0 Å². The normalized spacial score (nSPS) is 13.8. The lowest BCUT2D eigenvalue weighted by molar-refractivity contribution is 0.167. The van der Waals surface area contributed by atoms with Gasteiger partial charge in [0.1, 0.15) is 0 Å². The highest BCUT2D eigenvalue weighted by atomic mass is 32.2. The maximum Gasteiger partial charge on any atom is 0.154 e. The third-order valence-corrected chi connectivity index (χ3v) is 4.73. The van der Waals surface area contributed by atoms with E-state index in [1.165, 1.54) is 24.1 Å². The smallest absolute Gasteiger partial charge is 0.154 e. The van der Waals surface area contributed by atoms with Gasteiger partial charge >= 0.3 is 0 Å². The van der Waals surface area contributed by atoms with Gasteiger partial charge in [-0.2, -0.15) is 0 Å². The maximum absolute atomic E-state index is 5.63. The Morgan fingerprint density at radius 1 is 0.667 bits per heavy atom. The molecule has 0 saturated carbocycles. The molecule has 3 nitrogen and oxygen atoms in total. The van der Waals surface area contributed by atoms with E-state index < -0.39 is 0 Å². The molecule has 2 aromatic rings. The molecule has 0 aliphatic heterocycles. The van der Waals surface area contributed by atoms with E-state index in [2.05, 4.69) is 0 Å². The van der Waals surface area contributed by atoms with Gasteiger partial charge in [0, 0.05) is 38.3 Å². The Balaban J connectivity index is 1.87. The summed E-state index contributed by atoms with van der Waals surface area (Å²) in [5.74, 6) is 0. The first-order valence-electron chi connectivity index (χ1n) is 6.49.